The molecule has 0 atom stereocenters. The van der Waals surface area contributed by atoms with E-state index in [0.717, 1.165) is 17.8 Å². The van der Waals surface area contributed by atoms with Crippen molar-refractivity contribution in [2.45, 2.75) is 27.2 Å². The molecule has 106 valence electrons. The smallest absolute Gasteiger partial charge is 0.242 e. The van der Waals surface area contributed by atoms with E-state index in [1.807, 2.05) is 32.7 Å². The van der Waals surface area contributed by atoms with Gasteiger partial charge in [-0.1, -0.05) is 18.5 Å². The van der Waals surface area contributed by atoms with Crippen molar-refractivity contribution < 1.29 is 4.79 Å². The summed E-state index contributed by atoms with van der Waals surface area (Å²) in [5, 5.41) is 0.453. The molecule has 0 bridgehead atoms. The predicted molar refractivity (Wildman–Crippen MR) is 77.6 cm³/mol. The number of halogens is 1. The summed E-state index contributed by atoms with van der Waals surface area (Å²) >= 11 is 6.05. The van der Waals surface area contributed by atoms with Crippen LogP contribution in [0.5, 0.6) is 0 Å². The first-order valence-electron chi connectivity index (χ1n) is 6.53. The highest BCUT2D eigenvalue weighted by Gasteiger charge is 2.17. The van der Waals surface area contributed by atoms with Crippen molar-refractivity contribution in [1.82, 2.24) is 14.9 Å². The van der Waals surface area contributed by atoms with Crippen molar-refractivity contribution in [3.63, 3.8) is 0 Å². The fraction of sp³-hybridized carbons (Fsp3) is 0.615. The van der Waals surface area contributed by atoms with Crippen LogP contribution in [0.1, 0.15) is 26.3 Å². The number of carbonyl (C=O) groups is 1. The van der Waals surface area contributed by atoms with Gasteiger partial charge in [0.25, 0.3) is 0 Å². The number of rotatable bonds is 6. The van der Waals surface area contributed by atoms with E-state index >= 15 is 0 Å². The largest absolute Gasteiger partial charge is 0.350 e. The topological polar surface area (TPSA) is 49.3 Å². The monoisotopic (exact) mass is 284 g/mol. The third kappa shape index (κ3) is 3.80. The maximum Gasteiger partial charge on any atom is 0.242 e. The molecular formula is C13H21ClN4O. The van der Waals surface area contributed by atoms with Crippen molar-refractivity contribution in [2.24, 2.45) is 0 Å². The summed E-state index contributed by atoms with van der Waals surface area (Å²) in [5.41, 5.74) is 0.874. The maximum atomic E-state index is 12.1. The van der Waals surface area contributed by atoms with Gasteiger partial charge in [-0.15, -0.1) is 0 Å². The zero-order valence-corrected chi connectivity index (χ0v) is 12.7. The highest BCUT2D eigenvalue weighted by Crippen LogP contribution is 2.22. The Hall–Kier alpha value is -1.36. The number of likely N-dealkylation sites (N-methyl/N-ethyl adjacent to an activating group) is 2. The average Bonchev–Trinajstić information content (AvgIpc) is 2.39. The molecular weight excluding hydrogens is 264 g/mol. The fourth-order valence-corrected chi connectivity index (χ4v) is 2.23. The third-order valence-electron chi connectivity index (χ3n) is 3.07. The van der Waals surface area contributed by atoms with Crippen LogP contribution < -0.4 is 4.90 Å². The molecule has 1 heterocycles. The molecule has 0 aliphatic carbocycles. The molecule has 5 nitrogen and oxygen atoms in total. The molecule has 6 heteroatoms. The van der Waals surface area contributed by atoms with Crippen LogP contribution in [0.25, 0.3) is 0 Å². The lowest BCUT2D eigenvalue weighted by atomic mass is 10.2. The Morgan fingerprint density at radius 3 is 2.42 bits per heavy atom. The highest BCUT2D eigenvalue weighted by molar-refractivity contribution is 6.30. The van der Waals surface area contributed by atoms with Crippen molar-refractivity contribution in [3.8, 4) is 0 Å². The molecule has 1 rings (SSSR count). The van der Waals surface area contributed by atoms with Gasteiger partial charge in [-0.25, -0.2) is 9.97 Å². The molecule has 19 heavy (non-hydrogen) atoms. The van der Waals surface area contributed by atoms with Crippen LogP contribution in [-0.4, -0.2) is 47.5 Å². The van der Waals surface area contributed by atoms with Crippen LogP contribution in [0.4, 0.5) is 5.82 Å². The van der Waals surface area contributed by atoms with Gasteiger partial charge in [0, 0.05) is 25.7 Å². The second-order valence-electron chi connectivity index (χ2n) is 4.24. The quantitative estimate of drug-likeness (QED) is 0.750. The Balaban J connectivity index is 2.86. The van der Waals surface area contributed by atoms with Gasteiger partial charge in [-0.3, -0.25) is 4.79 Å². The van der Waals surface area contributed by atoms with Crippen LogP contribution in [0.3, 0.4) is 0 Å². The van der Waals surface area contributed by atoms with Gasteiger partial charge in [-0.2, -0.15) is 0 Å². The summed E-state index contributed by atoms with van der Waals surface area (Å²) < 4.78 is 0. The number of anilines is 1. The van der Waals surface area contributed by atoms with E-state index in [9.17, 15) is 4.79 Å². The maximum absolute atomic E-state index is 12.1. The molecule has 0 N–H and O–H groups in total. The molecule has 0 aromatic carbocycles. The Morgan fingerprint density at radius 2 is 1.89 bits per heavy atom. The van der Waals surface area contributed by atoms with Gasteiger partial charge in [-0.05, 0) is 20.3 Å². The molecule has 0 radical (unpaired) electrons. The number of amides is 1. The van der Waals surface area contributed by atoms with E-state index in [2.05, 4.69) is 9.97 Å². The van der Waals surface area contributed by atoms with E-state index in [1.54, 1.807) is 4.90 Å². The predicted octanol–water partition coefficient (Wildman–Crippen LogP) is 2.00. The lowest BCUT2D eigenvalue weighted by Gasteiger charge is -2.25. The number of hydrogen-bond donors (Lipinski definition) is 0. The lowest BCUT2D eigenvalue weighted by Crippen LogP contribution is -2.39. The molecule has 0 spiro atoms. The van der Waals surface area contributed by atoms with Gasteiger partial charge in [0.1, 0.15) is 17.3 Å². The van der Waals surface area contributed by atoms with Gasteiger partial charge in [0.05, 0.1) is 6.54 Å². The zero-order valence-electron chi connectivity index (χ0n) is 12.0. The van der Waals surface area contributed by atoms with Gasteiger partial charge < -0.3 is 9.80 Å². The Bertz CT molecular complexity index is 435. The second kappa shape index (κ2) is 7.28. The van der Waals surface area contributed by atoms with Crippen LogP contribution in [-0.2, 0) is 11.2 Å². The minimum absolute atomic E-state index is 0.0873. The molecule has 1 aromatic rings. The minimum Gasteiger partial charge on any atom is -0.350 e. The summed E-state index contributed by atoms with van der Waals surface area (Å²) in [6.45, 7) is 7.67. The number of hydrogen-bond acceptors (Lipinski definition) is 4. The Morgan fingerprint density at radius 1 is 1.26 bits per heavy atom. The van der Waals surface area contributed by atoms with Crippen LogP contribution in [0, 0.1) is 0 Å². The zero-order chi connectivity index (χ0) is 14.4. The molecule has 0 saturated carbocycles. The number of carbonyl (C=O) groups excluding carboxylic acids is 1. The van der Waals surface area contributed by atoms with Crippen molar-refractivity contribution in [3.05, 3.63) is 17.0 Å². The molecule has 0 aliphatic rings. The van der Waals surface area contributed by atoms with Crippen molar-refractivity contribution in [2.75, 3.05) is 31.6 Å². The molecule has 0 saturated heterocycles. The first-order valence-corrected chi connectivity index (χ1v) is 6.91. The number of aromatic nitrogens is 2. The Kier molecular flexibility index (Phi) is 6.02. The second-order valence-corrected chi connectivity index (χ2v) is 4.60. The average molecular weight is 285 g/mol. The van der Waals surface area contributed by atoms with Gasteiger partial charge in [0.2, 0.25) is 5.91 Å². The summed E-state index contributed by atoms with van der Waals surface area (Å²) in [6.07, 6.45) is 2.16. The number of nitrogens with zero attached hydrogens (tertiary/aromatic N) is 4. The van der Waals surface area contributed by atoms with E-state index in [4.69, 9.17) is 11.6 Å². The highest BCUT2D eigenvalue weighted by atomic mass is 35.5. The van der Waals surface area contributed by atoms with Crippen LogP contribution in [0.15, 0.2) is 6.33 Å². The SMILES string of the molecule is CCc1c(Cl)ncnc1N(C)CC(=O)N(CC)CC. The summed E-state index contributed by atoms with van der Waals surface area (Å²) in [6, 6.07) is 0. The molecule has 1 aromatic heterocycles. The fourth-order valence-electron chi connectivity index (χ4n) is 1.97. The van der Waals surface area contributed by atoms with Gasteiger partial charge >= 0.3 is 0 Å². The van der Waals surface area contributed by atoms with Crippen LogP contribution >= 0.6 is 11.6 Å². The summed E-state index contributed by atoms with van der Waals surface area (Å²) in [4.78, 5) is 23.9. The standard InChI is InChI=1S/C13H21ClN4O/c1-5-10-12(14)15-9-16-13(10)17(4)8-11(19)18(6-2)7-3/h9H,5-8H2,1-4H3. The first-order chi connectivity index (χ1) is 9.04. The van der Waals surface area contributed by atoms with E-state index in [-0.39, 0.29) is 5.91 Å². The molecule has 1 amide bonds. The molecule has 0 fully saturated rings. The third-order valence-corrected chi connectivity index (χ3v) is 3.40. The molecule has 0 unspecified atom stereocenters. The summed E-state index contributed by atoms with van der Waals surface area (Å²) in [7, 11) is 1.85. The van der Waals surface area contributed by atoms with E-state index < -0.39 is 0 Å². The van der Waals surface area contributed by atoms with Crippen molar-refractivity contribution >= 4 is 23.3 Å². The van der Waals surface area contributed by atoms with E-state index in [1.165, 1.54) is 6.33 Å². The summed E-state index contributed by atoms with van der Waals surface area (Å²) in [5.74, 6) is 0.812. The Labute approximate surface area is 119 Å². The molecule has 0 aliphatic heterocycles. The van der Waals surface area contributed by atoms with Crippen LogP contribution in [0.2, 0.25) is 5.15 Å². The normalized spacial score (nSPS) is 10.4. The minimum atomic E-state index is 0.0873. The van der Waals surface area contributed by atoms with Crippen molar-refractivity contribution in [1.29, 1.82) is 0 Å². The van der Waals surface area contributed by atoms with E-state index in [0.29, 0.717) is 24.8 Å². The van der Waals surface area contributed by atoms with Gasteiger partial charge in [0.15, 0.2) is 0 Å². The first kappa shape index (κ1) is 15.7. The lowest BCUT2D eigenvalue weighted by molar-refractivity contribution is -0.129.